The lowest BCUT2D eigenvalue weighted by Gasteiger charge is -2.09. The Morgan fingerprint density at radius 3 is 2.41 bits per heavy atom. The van der Waals surface area contributed by atoms with Crippen molar-refractivity contribution in [1.29, 1.82) is 0 Å². The lowest BCUT2D eigenvalue weighted by atomic mass is 10.1. The van der Waals surface area contributed by atoms with Gasteiger partial charge in [-0.25, -0.2) is 0 Å². The van der Waals surface area contributed by atoms with Crippen molar-refractivity contribution in [3.8, 4) is 11.5 Å². The second kappa shape index (κ2) is 8.64. The SMILES string of the molecule is COc1ccc(C(=O)c2c(N)c(C(=O)Nc3ccccc3Cl)c3ccccn23)cc1OC. The van der Waals surface area contributed by atoms with Crippen LogP contribution in [0.2, 0.25) is 5.02 Å². The molecule has 0 atom stereocenters. The van der Waals surface area contributed by atoms with Crippen LogP contribution in [0.25, 0.3) is 5.52 Å². The van der Waals surface area contributed by atoms with Gasteiger partial charge in [0.25, 0.3) is 5.91 Å². The van der Waals surface area contributed by atoms with Gasteiger partial charge in [-0.05, 0) is 42.5 Å². The van der Waals surface area contributed by atoms with E-state index in [-0.39, 0.29) is 22.7 Å². The molecule has 7 nitrogen and oxygen atoms in total. The first-order chi connectivity index (χ1) is 15.5. The molecule has 2 aromatic carbocycles. The first-order valence-corrected chi connectivity index (χ1v) is 10.0. The molecular formula is C24H20ClN3O4. The Morgan fingerprint density at radius 2 is 1.69 bits per heavy atom. The van der Waals surface area contributed by atoms with E-state index in [9.17, 15) is 9.59 Å². The molecule has 8 heteroatoms. The van der Waals surface area contributed by atoms with Gasteiger partial charge >= 0.3 is 0 Å². The number of benzene rings is 2. The number of carbonyl (C=O) groups is 2. The van der Waals surface area contributed by atoms with Crippen molar-refractivity contribution in [3.63, 3.8) is 0 Å². The summed E-state index contributed by atoms with van der Waals surface area (Å²) in [5.74, 6) is 0.0819. The molecule has 0 fully saturated rings. The minimum absolute atomic E-state index is 0.0699. The van der Waals surface area contributed by atoms with Gasteiger partial charge in [-0.15, -0.1) is 0 Å². The minimum Gasteiger partial charge on any atom is -0.493 e. The summed E-state index contributed by atoms with van der Waals surface area (Å²) < 4.78 is 12.2. The summed E-state index contributed by atoms with van der Waals surface area (Å²) in [4.78, 5) is 26.6. The maximum Gasteiger partial charge on any atom is 0.260 e. The summed E-state index contributed by atoms with van der Waals surface area (Å²) in [6.45, 7) is 0. The van der Waals surface area contributed by atoms with Crippen LogP contribution in [0.5, 0.6) is 11.5 Å². The molecule has 1 amide bonds. The van der Waals surface area contributed by atoms with Crippen LogP contribution < -0.4 is 20.5 Å². The van der Waals surface area contributed by atoms with Crippen LogP contribution in [-0.4, -0.2) is 30.3 Å². The number of nitrogens with zero attached hydrogens (tertiary/aromatic N) is 1. The van der Waals surface area contributed by atoms with E-state index in [1.54, 1.807) is 71.3 Å². The van der Waals surface area contributed by atoms with E-state index in [4.69, 9.17) is 26.8 Å². The number of ether oxygens (including phenoxy) is 2. The van der Waals surface area contributed by atoms with Crippen LogP contribution in [0.4, 0.5) is 11.4 Å². The number of nitrogens with one attached hydrogen (secondary N) is 1. The number of halogens is 1. The van der Waals surface area contributed by atoms with Crippen LogP contribution in [0.1, 0.15) is 26.4 Å². The van der Waals surface area contributed by atoms with Crippen molar-refractivity contribution in [2.45, 2.75) is 0 Å². The zero-order chi connectivity index (χ0) is 22.8. The zero-order valence-corrected chi connectivity index (χ0v) is 18.1. The van der Waals surface area contributed by atoms with Crippen LogP contribution in [0, 0.1) is 0 Å². The van der Waals surface area contributed by atoms with Gasteiger partial charge in [0.05, 0.1) is 41.7 Å². The molecule has 0 saturated carbocycles. The molecule has 0 aliphatic heterocycles. The Morgan fingerprint density at radius 1 is 0.969 bits per heavy atom. The number of para-hydroxylation sites is 1. The lowest BCUT2D eigenvalue weighted by molar-refractivity contribution is 0.102. The van der Waals surface area contributed by atoms with Gasteiger partial charge in [0.2, 0.25) is 5.78 Å². The van der Waals surface area contributed by atoms with Crippen LogP contribution in [0.3, 0.4) is 0 Å². The molecule has 0 aliphatic rings. The van der Waals surface area contributed by atoms with Crippen LogP contribution >= 0.6 is 11.6 Å². The molecule has 0 bridgehead atoms. The molecule has 0 saturated heterocycles. The number of ketones is 1. The largest absolute Gasteiger partial charge is 0.493 e. The van der Waals surface area contributed by atoms with E-state index in [2.05, 4.69) is 5.32 Å². The van der Waals surface area contributed by atoms with Crippen molar-refractivity contribution in [1.82, 2.24) is 4.40 Å². The van der Waals surface area contributed by atoms with Crippen LogP contribution in [0.15, 0.2) is 66.9 Å². The van der Waals surface area contributed by atoms with Crippen molar-refractivity contribution in [3.05, 3.63) is 88.7 Å². The van der Waals surface area contributed by atoms with Gasteiger partial charge < -0.3 is 24.9 Å². The summed E-state index contributed by atoms with van der Waals surface area (Å²) in [5, 5.41) is 3.17. The number of nitrogens with two attached hydrogens (primary N) is 1. The van der Waals surface area contributed by atoms with Crippen molar-refractivity contribution in [2.75, 3.05) is 25.3 Å². The summed E-state index contributed by atoms with van der Waals surface area (Å²) >= 11 is 6.18. The average Bonchev–Trinajstić information content (AvgIpc) is 3.11. The fraction of sp³-hybridized carbons (Fsp3) is 0.0833. The number of aromatic nitrogens is 1. The van der Waals surface area contributed by atoms with Gasteiger partial charge in [0.1, 0.15) is 5.69 Å². The number of methoxy groups -OCH3 is 2. The molecule has 4 aromatic rings. The molecule has 162 valence electrons. The van der Waals surface area contributed by atoms with E-state index in [0.29, 0.717) is 33.3 Å². The van der Waals surface area contributed by atoms with E-state index in [0.717, 1.165) is 0 Å². The molecule has 4 rings (SSSR count). The molecule has 3 N–H and O–H groups in total. The molecule has 0 radical (unpaired) electrons. The highest BCUT2D eigenvalue weighted by Crippen LogP contribution is 2.33. The number of fused-ring (bicyclic) bond motifs is 1. The van der Waals surface area contributed by atoms with Gasteiger partial charge in [-0.3, -0.25) is 9.59 Å². The van der Waals surface area contributed by atoms with E-state index < -0.39 is 5.91 Å². The lowest BCUT2D eigenvalue weighted by Crippen LogP contribution is -2.14. The highest BCUT2D eigenvalue weighted by Gasteiger charge is 2.27. The first kappa shape index (κ1) is 21.3. The highest BCUT2D eigenvalue weighted by atomic mass is 35.5. The normalized spacial score (nSPS) is 10.7. The molecule has 0 unspecified atom stereocenters. The summed E-state index contributed by atoms with van der Waals surface area (Å²) in [6, 6.07) is 17.0. The average molecular weight is 450 g/mol. The van der Waals surface area contributed by atoms with Gasteiger partial charge in [0.15, 0.2) is 11.5 Å². The predicted octanol–water partition coefficient (Wildman–Crippen LogP) is 4.68. The number of carbonyl (C=O) groups excluding carboxylic acids is 2. The number of amides is 1. The summed E-state index contributed by atoms with van der Waals surface area (Å²) in [6.07, 6.45) is 1.69. The van der Waals surface area contributed by atoms with Crippen molar-refractivity contribution < 1.29 is 19.1 Å². The van der Waals surface area contributed by atoms with E-state index >= 15 is 0 Å². The van der Waals surface area contributed by atoms with Crippen molar-refractivity contribution in [2.24, 2.45) is 0 Å². The maximum absolute atomic E-state index is 13.4. The predicted molar refractivity (Wildman–Crippen MR) is 124 cm³/mol. The number of hydrogen-bond donors (Lipinski definition) is 2. The number of hydrogen-bond acceptors (Lipinski definition) is 5. The number of pyridine rings is 1. The van der Waals surface area contributed by atoms with E-state index in [1.165, 1.54) is 14.2 Å². The quantitative estimate of drug-likeness (QED) is 0.417. The summed E-state index contributed by atoms with van der Waals surface area (Å²) in [5.41, 5.74) is 8.11. The van der Waals surface area contributed by atoms with Crippen LogP contribution in [-0.2, 0) is 0 Å². The molecular weight excluding hydrogens is 430 g/mol. The summed E-state index contributed by atoms with van der Waals surface area (Å²) in [7, 11) is 3.01. The third kappa shape index (κ3) is 3.63. The monoisotopic (exact) mass is 449 g/mol. The third-order valence-electron chi connectivity index (χ3n) is 5.09. The molecule has 32 heavy (non-hydrogen) atoms. The number of nitrogen functional groups attached to an aromatic ring is 1. The Kier molecular flexibility index (Phi) is 5.75. The topological polar surface area (TPSA) is 95.1 Å². The first-order valence-electron chi connectivity index (χ1n) is 9.67. The second-order valence-electron chi connectivity index (χ2n) is 6.93. The van der Waals surface area contributed by atoms with Gasteiger partial charge in [-0.2, -0.15) is 0 Å². The zero-order valence-electron chi connectivity index (χ0n) is 17.4. The number of anilines is 2. The number of rotatable bonds is 6. The van der Waals surface area contributed by atoms with Gasteiger partial charge in [0, 0.05) is 11.8 Å². The second-order valence-corrected chi connectivity index (χ2v) is 7.33. The fourth-order valence-electron chi connectivity index (χ4n) is 3.56. The molecule has 2 heterocycles. The Balaban J connectivity index is 1.82. The highest BCUT2D eigenvalue weighted by molar-refractivity contribution is 6.34. The Bertz CT molecular complexity index is 1350. The minimum atomic E-state index is -0.467. The fourth-order valence-corrected chi connectivity index (χ4v) is 3.74. The maximum atomic E-state index is 13.4. The molecule has 0 aliphatic carbocycles. The standard InChI is InChI=1S/C24H20ClN3O4/c1-31-18-11-10-14(13-19(18)32-2)23(29)22-21(26)20(17-9-5-6-12-28(17)22)24(30)27-16-8-4-3-7-15(16)25/h3-13H,26H2,1-2H3,(H,27,30). The third-order valence-corrected chi connectivity index (χ3v) is 5.42. The van der Waals surface area contributed by atoms with E-state index in [1.807, 2.05) is 0 Å². The molecule has 0 spiro atoms. The molecule has 2 aromatic heterocycles. The van der Waals surface area contributed by atoms with Crippen molar-refractivity contribution >= 4 is 40.2 Å². The van der Waals surface area contributed by atoms with Gasteiger partial charge in [-0.1, -0.05) is 29.8 Å². The Hall–Kier alpha value is -3.97. The smallest absolute Gasteiger partial charge is 0.260 e. The Labute approximate surface area is 189 Å².